The fraction of sp³-hybridized carbons (Fsp3) is 0.436. The molecule has 0 radical (unpaired) electrons. The van der Waals surface area contributed by atoms with Crippen LogP contribution in [0.1, 0.15) is 91.1 Å². The molecule has 2 N–H and O–H groups in total. The van der Waals surface area contributed by atoms with Gasteiger partial charge in [0.25, 0.3) is 5.91 Å². The summed E-state index contributed by atoms with van der Waals surface area (Å²) in [6.45, 7) is 2.98. The average molecular weight is 743 g/mol. The van der Waals surface area contributed by atoms with Crippen molar-refractivity contribution in [3.8, 4) is 0 Å². The van der Waals surface area contributed by atoms with E-state index in [2.05, 4.69) is 26.6 Å². The van der Waals surface area contributed by atoms with E-state index in [9.17, 15) is 32.3 Å². The minimum absolute atomic E-state index is 0.208. The van der Waals surface area contributed by atoms with E-state index < -0.39 is 29.7 Å². The third-order valence-electron chi connectivity index (χ3n) is 11.4. The van der Waals surface area contributed by atoms with E-state index in [1.54, 1.807) is 34.4 Å². The van der Waals surface area contributed by atoms with Crippen molar-refractivity contribution >= 4 is 45.3 Å². The number of benzene rings is 2. The number of carbonyl (C=O) groups excluding carboxylic acids is 3. The predicted molar refractivity (Wildman–Crippen MR) is 195 cm³/mol. The number of likely N-dealkylation sites (tertiary alicyclic amines) is 1. The number of pyridine rings is 1. The van der Waals surface area contributed by atoms with Gasteiger partial charge in [0.1, 0.15) is 17.4 Å². The van der Waals surface area contributed by atoms with Gasteiger partial charge in [-0.25, -0.2) is 9.78 Å². The fourth-order valence-corrected chi connectivity index (χ4v) is 8.64. The third-order valence-corrected chi connectivity index (χ3v) is 11.4. The summed E-state index contributed by atoms with van der Waals surface area (Å²) in [7, 11) is 1.76. The van der Waals surface area contributed by atoms with E-state index in [0.29, 0.717) is 23.9 Å². The van der Waals surface area contributed by atoms with Gasteiger partial charge in [0.2, 0.25) is 11.8 Å². The Morgan fingerprint density at radius 1 is 0.944 bits per heavy atom. The smallest absolute Gasteiger partial charge is 0.321 e. The molecule has 54 heavy (non-hydrogen) atoms. The molecule has 1 unspecified atom stereocenters. The molecule has 2 aromatic carbocycles. The second kappa shape index (κ2) is 14.2. The number of halogens is 3. The zero-order valence-electron chi connectivity index (χ0n) is 29.8. The number of hydrogen-bond acceptors (Lipinski definition) is 7. The normalized spacial score (nSPS) is 21.8. The molecular formula is C39H41F3N8O4. The summed E-state index contributed by atoms with van der Waals surface area (Å²) >= 11 is 0. The Bertz CT molecular complexity index is 2310. The van der Waals surface area contributed by atoms with Crippen LogP contribution >= 0.6 is 0 Å². The molecule has 5 heterocycles. The SMILES string of the molecule is Cn1c(=O)n(C2CCC(=O)NC2=O)c2cccc(C3CCN(C[C@H]4CC[C@H](n5cc6cc(NC(=O)c7cccc(C(F)(F)F)n7)ccc6n5)CC4)CC3)c21. The van der Waals surface area contributed by atoms with Crippen molar-refractivity contribution in [3.05, 3.63) is 88.2 Å². The molecule has 1 aliphatic carbocycles. The Morgan fingerprint density at radius 2 is 1.70 bits per heavy atom. The molecule has 3 fully saturated rings. The highest BCUT2D eigenvalue weighted by Crippen LogP contribution is 2.37. The van der Waals surface area contributed by atoms with Crippen molar-refractivity contribution in [2.24, 2.45) is 13.0 Å². The third kappa shape index (κ3) is 6.92. The van der Waals surface area contributed by atoms with Crippen LogP contribution in [0.3, 0.4) is 0 Å². The lowest BCUT2D eigenvalue weighted by Crippen LogP contribution is -2.44. The second-order valence-corrected chi connectivity index (χ2v) is 14.9. The first-order chi connectivity index (χ1) is 25.9. The lowest BCUT2D eigenvalue weighted by Gasteiger charge is -2.37. The quantitative estimate of drug-likeness (QED) is 0.197. The number of carbonyl (C=O) groups is 3. The lowest BCUT2D eigenvalue weighted by molar-refractivity contribution is -0.141. The summed E-state index contributed by atoms with van der Waals surface area (Å²) in [6.07, 6.45) is 3.97. The first-order valence-corrected chi connectivity index (χ1v) is 18.5. The second-order valence-electron chi connectivity index (χ2n) is 14.9. The van der Waals surface area contributed by atoms with Crippen LogP contribution in [-0.2, 0) is 22.8 Å². The van der Waals surface area contributed by atoms with Crippen LogP contribution in [0.2, 0.25) is 0 Å². The summed E-state index contributed by atoms with van der Waals surface area (Å²) in [5, 5.41) is 10.7. The molecule has 2 saturated heterocycles. The molecule has 1 saturated carbocycles. The van der Waals surface area contributed by atoms with Crippen LogP contribution in [-0.4, -0.2) is 66.2 Å². The molecule has 1 atom stereocenters. The highest BCUT2D eigenvalue weighted by atomic mass is 19.4. The molecule has 15 heteroatoms. The van der Waals surface area contributed by atoms with Gasteiger partial charge in [-0.1, -0.05) is 18.2 Å². The number of amides is 3. The number of nitrogens with zero attached hydrogens (tertiary/aromatic N) is 6. The Balaban J connectivity index is 0.857. The molecule has 3 aliphatic rings. The maximum Gasteiger partial charge on any atom is 0.433 e. The number of alkyl halides is 3. The highest BCUT2D eigenvalue weighted by molar-refractivity contribution is 6.04. The minimum Gasteiger partial charge on any atom is -0.321 e. The van der Waals surface area contributed by atoms with Gasteiger partial charge in [-0.3, -0.25) is 33.5 Å². The van der Waals surface area contributed by atoms with Gasteiger partial charge >= 0.3 is 11.9 Å². The molecule has 0 spiro atoms. The molecule has 3 amide bonds. The number of imidazole rings is 1. The van der Waals surface area contributed by atoms with Gasteiger partial charge in [0.05, 0.1) is 22.6 Å². The summed E-state index contributed by atoms with van der Waals surface area (Å²) in [5.74, 6) is -0.576. The number of aryl methyl sites for hydroxylation is 1. The molecule has 8 rings (SSSR count). The predicted octanol–water partition coefficient (Wildman–Crippen LogP) is 5.94. The number of imide groups is 1. The van der Waals surface area contributed by atoms with Gasteiger partial charge in [-0.15, -0.1) is 0 Å². The first-order valence-electron chi connectivity index (χ1n) is 18.5. The van der Waals surface area contributed by atoms with E-state index in [1.165, 1.54) is 6.07 Å². The number of para-hydroxylation sites is 1. The molecule has 5 aromatic rings. The largest absolute Gasteiger partial charge is 0.433 e. The Morgan fingerprint density at radius 3 is 2.44 bits per heavy atom. The van der Waals surface area contributed by atoms with Gasteiger partial charge in [-0.05, 0) is 112 Å². The van der Waals surface area contributed by atoms with Gasteiger partial charge in [-0.2, -0.15) is 18.3 Å². The summed E-state index contributed by atoms with van der Waals surface area (Å²) in [5.41, 5.74) is 2.28. The van der Waals surface area contributed by atoms with E-state index in [-0.39, 0.29) is 29.8 Å². The number of aromatic nitrogens is 5. The molecular weight excluding hydrogens is 701 g/mol. The summed E-state index contributed by atoms with van der Waals surface area (Å²) in [4.78, 5) is 56.6. The number of nitrogens with one attached hydrogen (secondary N) is 2. The Kier molecular flexibility index (Phi) is 9.36. The highest BCUT2D eigenvalue weighted by Gasteiger charge is 2.34. The number of fused-ring (bicyclic) bond motifs is 2. The van der Waals surface area contributed by atoms with E-state index in [0.717, 1.165) is 97.8 Å². The van der Waals surface area contributed by atoms with Crippen molar-refractivity contribution in [2.45, 2.75) is 75.5 Å². The van der Waals surface area contributed by atoms with Crippen molar-refractivity contribution in [2.75, 3.05) is 25.0 Å². The summed E-state index contributed by atoms with van der Waals surface area (Å²) < 4.78 is 44.4. The molecule has 0 bridgehead atoms. The first kappa shape index (κ1) is 35.7. The van der Waals surface area contributed by atoms with Crippen LogP contribution in [0.25, 0.3) is 21.9 Å². The van der Waals surface area contributed by atoms with E-state index in [4.69, 9.17) is 5.10 Å². The monoisotopic (exact) mass is 742 g/mol. The van der Waals surface area contributed by atoms with Crippen molar-refractivity contribution in [1.29, 1.82) is 0 Å². The zero-order valence-corrected chi connectivity index (χ0v) is 29.8. The molecule has 12 nitrogen and oxygen atoms in total. The van der Waals surface area contributed by atoms with Crippen LogP contribution in [0.4, 0.5) is 18.9 Å². The van der Waals surface area contributed by atoms with Gasteiger partial charge in [0.15, 0.2) is 0 Å². The number of piperidine rings is 2. The van der Waals surface area contributed by atoms with Crippen molar-refractivity contribution in [1.82, 2.24) is 34.1 Å². The summed E-state index contributed by atoms with van der Waals surface area (Å²) in [6, 6.07) is 14.0. The maximum atomic E-state index is 13.4. The molecule has 3 aromatic heterocycles. The number of rotatable bonds is 7. The fourth-order valence-electron chi connectivity index (χ4n) is 8.64. The van der Waals surface area contributed by atoms with E-state index in [1.807, 2.05) is 23.0 Å². The number of hydrogen-bond donors (Lipinski definition) is 2. The van der Waals surface area contributed by atoms with E-state index >= 15 is 0 Å². The topological polar surface area (TPSA) is 136 Å². The van der Waals surface area contributed by atoms with Crippen LogP contribution in [0.15, 0.2) is 65.6 Å². The van der Waals surface area contributed by atoms with Crippen molar-refractivity contribution < 1.29 is 27.6 Å². The van der Waals surface area contributed by atoms with Crippen LogP contribution < -0.4 is 16.3 Å². The zero-order chi connectivity index (χ0) is 37.7. The standard InChI is InChI=1S/C39H41F3N8O4/c1-47-35-28(4-2-6-31(35)50(38(47)54)32-14-15-34(51)45-37(32)53)24-16-18-48(19-17-24)21-23-8-11-27(12-9-23)49-22-25-20-26(10-13-29(25)46-49)43-36(52)30-5-3-7-33(44-30)39(40,41)42/h2-7,10,13,20,22-24,27,32H,8-9,11-12,14-19,21H2,1H3,(H,43,52)(H,45,51,53)/t23-,27-,32?. The average Bonchev–Trinajstić information content (AvgIpc) is 3.70. The molecule has 282 valence electrons. The molecule has 2 aliphatic heterocycles. The Labute approximate surface area is 308 Å². The minimum atomic E-state index is -4.64. The number of anilines is 1. The van der Waals surface area contributed by atoms with Gasteiger partial charge < -0.3 is 10.2 Å². The Hall–Kier alpha value is -5.31. The van der Waals surface area contributed by atoms with Crippen LogP contribution in [0, 0.1) is 5.92 Å². The maximum absolute atomic E-state index is 13.4. The van der Waals surface area contributed by atoms with Gasteiger partial charge in [0, 0.05) is 37.3 Å². The lowest BCUT2D eigenvalue weighted by atomic mass is 9.84. The van der Waals surface area contributed by atoms with Crippen LogP contribution in [0.5, 0.6) is 0 Å². The van der Waals surface area contributed by atoms with Crippen molar-refractivity contribution in [3.63, 3.8) is 0 Å².